The molecule has 16 fully saturated rings. The van der Waals surface area contributed by atoms with Gasteiger partial charge in [0.2, 0.25) is 0 Å². The Morgan fingerprint density at radius 2 is 0.854 bits per heavy atom. The Morgan fingerprint density at radius 1 is 0.437 bits per heavy atom. The summed E-state index contributed by atoms with van der Waals surface area (Å²) >= 11 is 0. The van der Waals surface area contributed by atoms with E-state index in [1.54, 1.807) is 0 Å². The minimum absolute atomic E-state index is 0. The van der Waals surface area contributed by atoms with Gasteiger partial charge >= 0.3 is 0 Å². The quantitative estimate of drug-likeness (QED) is 0.249. The Labute approximate surface area is 618 Å². The normalized spacial score (nSPS) is 51.6. The van der Waals surface area contributed by atoms with Gasteiger partial charge < -0.3 is 71.4 Å². The van der Waals surface area contributed by atoms with Gasteiger partial charge in [-0.3, -0.25) is 4.79 Å². The third-order valence-electron chi connectivity index (χ3n) is 29.0. The predicted molar refractivity (Wildman–Crippen MR) is 396 cm³/mol. The van der Waals surface area contributed by atoms with Gasteiger partial charge in [0.05, 0.1) is 116 Å². The Morgan fingerprint density at radius 3 is 1.34 bits per heavy atom. The van der Waals surface area contributed by atoms with Crippen LogP contribution in [0.2, 0.25) is 0 Å². The van der Waals surface area contributed by atoms with Crippen molar-refractivity contribution in [3.05, 3.63) is 72.9 Å². The number of aliphatic hydroxyl groups excluding tert-OH is 1. The molecule has 37 atom stereocenters. The topological polar surface area (TPSA) is 167 Å². The van der Waals surface area contributed by atoms with Crippen molar-refractivity contribution >= 4 is 5.78 Å². The van der Waals surface area contributed by atoms with Gasteiger partial charge in [-0.15, -0.1) is 0 Å². The van der Waals surface area contributed by atoms with Gasteiger partial charge in [-0.1, -0.05) is 140 Å². The molecule has 0 radical (unpaired) electrons. The fraction of sp³-hybridized carbons (Fsp3) is 0.851. The minimum Gasteiger partial charge on any atom is -0.393 e. The summed E-state index contributed by atoms with van der Waals surface area (Å²) in [4.78, 5) is 13.6. The molecule has 22 bridgehead atoms. The molecule has 2 spiro atoms. The molecule has 0 aromatic heterocycles. The standard InChI is InChI=1S/C43H66O8.C43H64O8.CH4/c2*1-8-23(2)17-35-27(6)32-20-29(44)11-9-10-12-34-28(7)39-41-42(48-34)40-38(49-41)22-43(50-39,51-40)16-15-31-19-25(4)33(45-31)14-13-30-18-24(3)26(5)36(46-30)21-37(32)47-35;/h9-10,23-24,27-42,44H,4-5,8,11-22H2,1-3,6-7H3;9-10,23-24,27-28,30-42H,4-5,8,11-22H2,1-3,6-7H3;1H4/b2*10-9+;/t23-,24-,27-,28+,29?,30+,31+,32-,33?,34+,35-,36-,37?,38-,39?,40?,41+,42+,43-;23-,24-,27-,28+,30+,31+,32-,33?,34+,35-,36-,37?,38-,39?,40?,41+,42+,43-;/m11./s1. The van der Waals surface area contributed by atoms with Gasteiger partial charge in [-0.05, 0) is 172 Å². The highest BCUT2D eigenvalue weighted by Crippen LogP contribution is 2.57. The lowest BCUT2D eigenvalue weighted by molar-refractivity contribution is -0.263. The molecule has 0 aromatic carbocycles. The van der Waals surface area contributed by atoms with Crippen molar-refractivity contribution in [3.8, 4) is 0 Å². The molecule has 0 amide bonds. The summed E-state index contributed by atoms with van der Waals surface area (Å²) in [6.45, 7) is 40.9. The number of fused-ring (bicyclic) bond motifs is 12. The van der Waals surface area contributed by atoms with Crippen molar-refractivity contribution in [2.75, 3.05) is 0 Å². The summed E-state index contributed by atoms with van der Waals surface area (Å²) in [6.07, 6.45) is 30.3. The smallest absolute Gasteiger partial charge is 0.172 e. The highest BCUT2D eigenvalue weighted by Gasteiger charge is 2.69. The van der Waals surface area contributed by atoms with Gasteiger partial charge in [0.25, 0.3) is 0 Å². The lowest BCUT2D eigenvalue weighted by atomic mass is 9.78. The summed E-state index contributed by atoms with van der Waals surface area (Å²) in [5, 5.41) is 11.5. The number of aliphatic hydroxyl groups is 1. The molecule has 1 N–H and O–H groups in total. The summed E-state index contributed by atoms with van der Waals surface area (Å²) < 4.78 is 95.1. The van der Waals surface area contributed by atoms with E-state index in [-0.39, 0.29) is 183 Å². The van der Waals surface area contributed by atoms with Crippen molar-refractivity contribution in [1.29, 1.82) is 0 Å². The molecule has 0 aliphatic carbocycles. The molecule has 578 valence electrons. The van der Waals surface area contributed by atoms with E-state index in [1.807, 2.05) is 0 Å². The van der Waals surface area contributed by atoms with Crippen molar-refractivity contribution in [2.45, 2.75) is 408 Å². The van der Waals surface area contributed by atoms with E-state index >= 15 is 0 Å². The van der Waals surface area contributed by atoms with Crippen LogP contribution in [0.25, 0.3) is 0 Å². The first-order valence-electron chi connectivity index (χ1n) is 41.5. The van der Waals surface area contributed by atoms with Crippen LogP contribution in [0.1, 0.15) is 244 Å². The zero-order chi connectivity index (χ0) is 71.2. The third kappa shape index (κ3) is 16.0. The largest absolute Gasteiger partial charge is 0.393 e. The molecule has 18 aliphatic heterocycles. The van der Waals surface area contributed by atoms with Crippen LogP contribution < -0.4 is 0 Å². The van der Waals surface area contributed by atoms with E-state index in [1.165, 1.54) is 22.3 Å². The van der Waals surface area contributed by atoms with Gasteiger partial charge in [-0.2, -0.15) is 0 Å². The first-order valence-corrected chi connectivity index (χ1v) is 41.5. The first kappa shape index (κ1) is 77.2. The second kappa shape index (κ2) is 32.1. The molecule has 18 aliphatic rings. The maximum atomic E-state index is 13.6. The number of Topliss-reactive ketones (excluding diaryl/α,β-unsaturated/α-hetero) is 1. The van der Waals surface area contributed by atoms with Crippen molar-refractivity contribution in [2.24, 2.45) is 59.2 Å². The highest BCUT2D eigenvalue weighted by molar-refractivity contribution is 5.80. The van der Waals surface area contributed by atoms with Gasteiger partial charge in [0, 0.05) is 63.2 Å². The Hall–Kier alpha value is -2.49. The van der Waals surface area contributed by atoms with Crippen LogP contribution >= 0.6 is 0 Å². The SMILES string of the molecule is C.C=C1C[C@@H]2CC[C@@]34C[C@H]5O[C@H]6C(O3)[C@@H](C)[C@H](C/C=C/CC(=O)C[C@H]3C(C[C@H]7O[C@@H](CCC1O2)C[C@@H](C)C7=C)O[C@H](C[C@H](C)CC)[C@@H]3C)O[C@H]6C5O4.C=C1C[C@@H]2CC[C@@]34C[C@H]5O[C@H]6C(O3)[C@@H](C)[C@H](C/C=C/CC(O)C[C@H]3C(C[C@H]7O[C@@H](CCC1O2)C[C@@H](C)C7=C)O[C@H](C[C@H](C)CC)[C@@H]3C)O[C@H]6C5O4. The zero-order valence-electron chi connectivity index (χ0n) is 63.8. The molecule has 18 heterocycles. The van der Waals surface area contributed by atoms with Crippen LogP contribution in [0.4, 0.5) is 0 Å². The lowest BCUT2D eigenvalue weighted by Gasteiger charge is -2.42. The molecule has 0 saturated carbocycles. The van der Waals surface area contributed by atoms with E-state index in [9.17, 15) is 9.90 Å². The van der Waals surface area contributed by atoms with Gasteiger partial charge in [-0.25, -0.2) is 0 Å². The summed E-state index contributed by atoms with van der Waals surface area (Å²) in [6, 6.07) is 0. The summed E-state index contributed by atoms with van der Waals surface area (Å²) in [5.41, 5.74) is 4.74. The monoisotopic (exact) mass is 1430 g/mol. The average Bonchev–Trinajstić information content (AvgIpc) is 1.56. The molecule has 16 saturated heterocycles. The molecular formula is C87H134O16. The molecule has 0 aromatic rings. The maximum Gasteiger partial charge on any atom is 0.172 e. The highest BCUT2D eigenvalue weighted by atomic mass is 16.8. The second-order valence-corrected chi connectivity index (χ2v) is 36.1. The van der Waals surface area contributed by atoms with Crippen LogP contribution in [0, 0.1) is 59.2 Å². The van der Waals surface area contributed by atoms with Crippen LogP contribution in [-0.4, -0.2) is 175 Å². The number of allylic oxidation sites excluding steroid dienone is 1. The van der Waals surface area contributed by atoms with E-state index in [2.05, 4.69) is 120 Å². The number of ketones is 1. The number of rotatable bonds is 6. The minimum atomic E-state index is -0.662. The van der Waals surface area contributed by atoms with Crippen LogP contribution in [0.15, 0.2) is 72.9 Å². The molecule has 16 heteroatoms. The van der Waals surface area contributed by atoms with Gasteiger partial charge in [0.1, 0.15) is 42.4 Å². The van der Waals surface area contributed by atoms with E-state index in [0.29, 0.717) is 54.8 Å². The number of carbonyl (C=O) groups excluding carboxylic acids is 1. The lowest BCUT2D eigenvalue weighted by Crippen LogP contribution is -2.54. The number of ether oxygens (including phenoxy) is 14. The Bertz CT molecular complexity index is 3040. The van der Waals surface area contributed by atoms with Crippen LogP contribution in [0.5, 0.6) is 0 Å². The average molecular weight is 1440 g/mol. The zero-order valence-corrected chi connectivity index (χ0v) is 63.8. The summed E-state index contributed by atoms with van der Waals surface area (Å²) in [5.74, 6) is 2.34. The molecule has 18 rings (SSSR count). The van der Waals surface area contributed by atoms with Crippen molar-refractivity contribution < 1.29 is 76.2 Å². The van der Waals surface area contributed by atoms with Crippen LogP contribution in [0.3, 0.4) is 0 Å². The molecule has 16 nitrogen and oxygen atoms in total. The number of carbonyl (C=O) groups is 1. The van der Waals surface area contributed by atoms with E-state index in [0.717, 1.165) is 148 Å². The number of hydrogen-bond donors (Lipinski definition) is 1. The Kier molecular flexibility index (Phi) is 24.1. The first-order chi connectivity index (χ1) is 49.0. The van der Waals surface area contributed by atoms with Crippen LogP contribution in [-0.2, 0) is 71.1 Å². The summed E-state index contributed by atoms with van der Waals surface area (Å²) in [7, 11) is 0. The van der Waals surface area contributed by atoms with E-state index < -0.39 is 17.7 Å². The number of hydrogen-bond acceptors (Lipinski definition) is 16. The Balaban J connectivity index is 0.000000173. The molecular weight excluding hydrogens is 1300 g/mol. The third-order valence-corrected chi connectivity index (χ3v) is 29.0. The fourth-order valence-corrected chi connectivity index (χ4v) is 22.0. The second-order valence-electron chi connectivity index (χ2n) is 36.1. The maximum absolute atomic E-state index is 13.6. The molecule has 9 unspecified atom stereocenters. The van der Waals surface area contributed by atoms with Crippen molar-refractivity contribution in [3.63, 3.8) is 0 Å². The molecule has 103 heavy (non-hydrogen) atoms. The van der Waals surface area contributed by atoms with Crippen molar-refractivity contribution in [1.82, 2.24) is 0 Å². The fourth-order valence-electron chi connectivity index (χ4n) is 22.0. The predicted octanol–water partition coefficient (Wildman–Crippen LogP) is 16.1. The van der Waals surface area contributed by atoms with Gasteiger partial charge in [0.15, 0.2) is 11.6 Å². The van der Waals surface area contributed by atoms with E-state index in [4.69, 9.17) is 66.3 Å².